The molecule has 1 amide bonds. The van der Waals surface area contributed by atoms with E-state index in [1.54, 1.807) is 35.6 Å². The molecular formula is C20H18N4O3S2. The second kappa shape index (κ2) is 7.78. The molecule has 0 saturated heterocycles. The molecule has 3 N–H and O–H groups in total. The zero-order valence-electron chi connectivity index (χ0n) is 15.5. The van der Waals surface area contributed by atoms with E-state index in [-0.39, 0.29) is 11.7 Å². The third-order valence-corrected chi connectivity index (χ3v) is 6.72. The maximum absolute atomic E-state index is 12.8. The third kappa shape index (κ3) is 4.21. The Labute approximate surface area is 171 Å². The van der Waals surface area contributed by atoms with Crippen molar-refractivity contribution >= 4 is 43.9 Å². The van der Waals surface area contributed by atoms with Crippen LogP contribution in [0.25, 0.3) is 21.3 Å². The molecule has 148 valence electrons. The zero-order chi connectivity index (χ0) is 20.4. The molecule has 0 atom stereocenters. The molecule has 2 aromatic carbocycles. The van der Waals surface area contributed by atoms with Gasteiger partial charge in [-0.05, 0) is 53.9 Å². The van der Waals surface area contributed by atoms with Gasteiger partial charge in [-0.1, -0.05) is 24.3 Å². The summed E-state index contributed by atoms with van der Waals surface area (Å²) in [4.78, 5) is 13.9. The van der Waals surface area contributed by atoms with Crippen LogP contribution in [0.3, 0.4) is 0 Å². The van der Waals surface area contributed by atoms with Crippen LogP contribution in [0.4, 0.5) is 5.69 Å². The number of benzene rings is 2. The minimum Gasteiger partial charge on any atom is -0.321 e. The Hall–Kier alpha value is -3.01. The van der Waals surface area contributed by atoms with Gasteiger partial charge in [0.05, 0.1) is 11.3 Å². The van der Waals surface area contributed by atoms with Gasteiger partial charge in [-0.2, -0.15) is 5.10 Å². The van der Waals surface area contributed by atoms with E-state index in [2.05, 4.69) is 20.2 Å². The van der Waals surface area contributed by atoms with Crippen molar-refractivity contribution in [3.63, 3.8) is 0 Å². The van der Waals surface area contributed by atoms with Crippen molar-refractivity contribution in [1.82, 2.24) is 14.9 Å². The van der Waals surface area contributed by atoms with Crippen LogP contribution in [-0.4, -0.2) is 31.6 Å². The number of thiophene rings is 1. The van der Waals surface area contributed by atoms with E-state index in [0.717, 1.165) is 21.3 Å². The number of hydrogen-bond donors (Lipinski definition) is 3. The lowest BCUT2D eigenvalue weighted by molar-refractivity contribution is 0.102. The quantitative estimate of drug-likeness (QED) is 0.438. The number of amides is 1. The van der Waals surface area contributed by atoms with E-state index < -0.39 is 10.0 Å². The number of hydrogen-bond acceptors (Lipinski definition) is 5. The van der Waals surface area contributed by atoms with Gasteiger partial charge in [-0.15, -0.1) is 11.3 Å². The van der Waals surface area contributed by atoms with Gasteiger partial charge in [0.25, 0.3) is 5.91 Å². The Morgan fingerprint density at radius 2 is 1.93 bits per heavy atom. The first kappa shape index (κ1) is 19.3. The van der Waals surface area contributed by atoms with Gasteiger partial charge in [0.1, 0.15) is 0 Å². The summed E-state index contributed by atoms with van der Waals surface area (Å²) in [6, 6.07) is 16.5. The normalized spacial score (nSPS) is 11.6. The topological polar surface area (TPSA) is 104 Å². The van der Waals surface area contributed by atoms with Crippen molar-refractivity contribution in [2.45, 2.75) is 5.75 Å². The Kier molecular flexibility index (Phi) is 5.18. The number of nitrogens with zero attached hydrogens (tertiary/aromatic N) is 1. The molecule has 0 fully saturated rings. The van der Waals surface area contributed by atoms with Crippen molar-refractivity contribution in [2.24, 2.45) is 0 Å². The molecule has 4 aromatic rings. The highest BCUT2D eigenvalue weighted by molar-refractivity contribution is 7.88. The summed E-state index contributed by atoms with van der Waals surface area (Å²) in [5, 5.41) is 12.6. The van der Waals surface area contributed by atoms with Crippen LogP contribution in [0.1, 0.15) is 16.1 Å². The monoisotopic (exact) mass is 426 g/mol. The average molecular weight is 427 g/mol. The summed E-state index contributed by atoms with van der Waals surface area (Å²) in [5.74, 6) is -0.456. The van der Waals surface area contributed by atoms with Gasteiger partial charge in [-0.25, -0.2) is 13.1 Å². The molecule has 0 saturated carbocycles. The van der Waals surface area contributed by atoms with Crippen molar-refractivity contribution in [2.75, 3.05) is 12.4 Å². The van der Waals surface area contributed by atoms with Gasteiger partial charge in [0, 0.05) is 16.0 Å². The number of H-pyrrole nitrogens is 1. The van der Waals surface area contributed by atoms with Gasteiger partial charge >= 0.3 is 0 Å². The number of rotatable bonds is 6. The number of anilines is 1. The number of fused-ring (bicyclic) bond motifs is 1. The highest BCUT2D eigenvalue weighted by Crippen LogP contribution is 2.28. The van der Waals surface area contributed by atoms with E-state index in [4.69, 9.17) is 0 Å². The van der Waals surface area contributed by atoms with E-state index >= 15 is 0 Å². The summed E-state index contributed by atoms with van der Waals surface area (Å²) < 4.78 is 25.5. The lowest BCUT2D eigenvalue weighted by atomic mass is 10.1. The number of aromatic nitrogens is 2. The largest absolute Gasteiger partial charge is 0.321 e. The second-order valence-corrected chi connectivity index (χ2v) is 9.30. The van der Waals surface area contributed by atoms with E-state index in [1.807, 2.05) is 35.7 Å². The SMILES string of the molecule is CNS(=O)(=O)Cc1ccc(NC(=O)c2n[nH]c3ccc(-c4cccs4)cc23)cc1. The average Bonchev–Trinajstić information content (AvgIpc) is 3.38. The first-order valence-electron chi connectivity index (χ1n) is 8.79. The molecule has 7 nitrogen and oxygen atoms in total. The summed E-state index contributed by atoms with van der Waals surface area (Å²) >= 11 is 1.63. The maximum Gasteiger partial charge on any atom is 0.276 e. The minimum atomic E-state index is -3.34. The predicted molar refractivity (Wildman–Crippen MR) is 115 cm³/mol. The molecule has 0 aliphatic heterocycles. The number of aromatic amines is 1. The fourth-order valence-electron chi connectivity index (χ4n) is 2.95. The minimum absolute atomic E-state index is 0.118. The van der Waals surface area contributed by atoms with Crippen LogP contribution < -0.4 is 10.0 Å². The standard InChI is InChI=1S/C20H18N4O3S2/c1-21-29(26,27)12-13-4-7-15(8-5-13)22-20(25)19-16-11-14(18-3-2-10-28-18)6-9-17(16)23-24-19/h2-11,21H,12H2,1H3,(H,22,25)(H,23,24). The highest BCUT2D eigenvalue weighted by atomic mass is 32.2. The van der Waals surface area contributed by atoms with Crippen LogP contribution in [0.5, 0.6) is 0 Å². The number of sulfonamides is 1. The Balaban J connectivity index is 1.55. The molecule has 9 heteroatoms. The van der Waals surface area contributed by atoms with Crippen LogP contribution in [-0.2, 0) is 15.8 Å². The fraction of sp³-hybridized carbons (Fsp3) is 0.100. The lowest BCUT2D eigenvalue weighted by Gasteiger charge is -2.06. The summed E-state index contributed by atoms with van der Waals surface area (Å²) in [6.07, 6.45) is 0. The molecule has 2 aromatic heterocycles. The molecule has 0 unspecified atom stereocenters. The maximum atomic E-state index is 12.8. The molecule has 0 aliphatic rings. The van der Waals surface area contributed by atoms with Gasteiger partial charge in [0.2, 0.25) is 10.0 Å². The summed E-state index contributed by atoms with van der Waals surface area (Å²) in [7, 11) is -1.96. The molecule has 0 aliphatic carbocycles. The van der Waals surface area contributed by atoms with Gasteiger partial charge < -0.3 is 5.32 Å². The Bertz CT molecular complexity index is 1260. The van der Waals surface area contributed by atoms with Crippen LogP contribution in [0.15, 0.2) is 60.0 Å². The molecule has 0 spiro atoms. The Morgan fingerprint density at radius 1 is 1.14 bits per heavy atom. The molecule has 4 rings (SSSR count). The van der Waals surface area contributed by atoms with Crippen molar-refractivity contribution < 1.29 is 13.2 Å². The zero-order valence-corrected chi connectivity index (χ0v) is 17.1. The predicted octanol–water partition coefficient (Wildman–Crippen LogP) is 3.59. The van der Waals surface area contributed by atoms with Crippen LogP contribution >= 0.6 is 11.3 Å². The summed E-state index contributed by atoms with van der Waals surface area (Å²) in [6.45, 7) is 0. The molecule has 0 bridgehead atoms. The molecular weight excluding hydrogens is 408 g/mol. The van der Waals surface area contributed by atoms with E-state index in [1.165, 1.54) is 7.05 Å². The van der Waals surface area contributed by atoms with Crippen LogP contribution in [0, 0.1) is 0 Å². The van der Waals surface area contributed by atoms with Gasteiger partial charge in [-0.3, -0.25) is 9.89 Å². The number of nitrogens with one attached hydrogen (secondary N) is 3. The number of carbonyl (C=O) groups is 1. The molecule has 0 radical (unpaired) electrons. The van der Waals surface area contributed by atoms with Crippen LogP contribution in [0.2, 0.25) is 0 Å². The number of carbonyl (C=O) groups excluding carboxylic acids is 1. The first-order chi connectivity index (χ1) is 13.9. The highest BCUT2D eigenvalue weighted by Gasteiger charge is 2.16. The third-order valence-electron chi connectivity index (χ3n) is 4.46. The fourth-order valence-corrected chi connectivity index (χ4v) is 4.45. The smallest absolute Gasteiger partial charge is 0.276 e. The summed E-state index contributed by atoms with van der Waals surface area (Å²) in [5.41, 5.74) is 3.30. The second-order valence-electron chi connectivity index (χ2n) is 6.42. The molecule has 2 heterocycles. The molecule has 29 heavy (non-hydrogen) atoms. The first-order valence-corrected chi connectivity index (χ1v) is 11.3. The van der Waals surface area contributed by atoms with Gasteiger partial charge in [0.15, 0.2) is 5.69 Å². The van der Waals surface area contributed by atoms with Crippen molar-refractivity contribution in [3.05, 3.63) is 71.2 Å². The van der Waals surface area contributed by atoms with Crippen molar-refractivity contribution in [3.8, 4) is 10.4 Å². The lowest BCUT2D eigenvalue weighted by Crippen LogP contribution is -2.20. The van der Waals surface area contributed by atoms with E-state index in [9.17, 15) is 13.2 Å². The van der Waals surface area contributed by atoms with E-state index in [0.29, 0.717) is 16.9 Å². The van der Waals surface area contributed by atoms with Crippen molar-refractivity contribution in [1.29, 1.82) is 0 Å². The Morgan fingerprint density at radius 3 is 2.62 bits per heavy atom.